The number of nitrogen functional groups attached to an aromatic ring is 1. The van der Waals surface area contributed by atoms with Crippen molar-refractivity contribution >= 4 is 30.7 Å². The van der Waals surface area contributed by atoms with Crippen molar-refractivity contribution < 1.29 is 37.4 Å². The van der Waals surface area contributed by atoms with Gasteiger partial charge in [-0.3, -0.25) is 18.4 Å². The van der Waals surface area contributed by atoms with Gasteiger partial charge >= 0.3 is 19.8 Å². The Morgan fingerprint density at radius 3 is 3.07 bits per heavy atom. The minimum absolute atomic E-state index is 0.0147. The molecule has 164 valence electrons. The maximum Gasteiger partial charge on any atom is 0.406 e. The Morgan fingerprint density at radius 1 is 1.57 bits per heavy atom. The van der Waals surface area contributed by atoms with Gasteiger partial charge in [-0.1, -0.05) is 0 Å². The highest BCUT2D eigenvalue weighted by molar-refractivity contribution is 7.51. The Kier molecular flexibility index (Phi) is 5.46. The van der Waals surface area contributed by atoms with Crippen molar-refractivity contribution in [3.8, 4) is 0 Å². The molecule has 15 heteroatoms. The van der Waals surface area contributed by atoms with Crippen LogP contribution >= 0.6 is 7.75 Å². The van der Waals surface area contributed by atoms with Gasteiger partial charge in [0, 0.05) is 0 Å². The van der Waals surface area contributed by atoms with Crippen molar-refractivity contribution in [1.82, 2.24) is 24.6 Å². The van der Waals surface area contributed by atoms with Crippen LogP contribution in [0.2, 0.25) is 0 Å². The Morgan fingerprint density at radius 2 is 2.33 bits per heavy atom. The smallest absolute Gasteiger partial charge is 0.406 e. The van der Waals surface area contributed by atoms with Crippen molar-refractivity contribution in [2.75, 3.05) is 18.9 Å². The van der Waals surface area contributed by atoms with Gasteiger partial charge in [-0.2, -0.15) is 14.4 Å². The number of hydrogen-bond acceptors (Lipinski definition) is 11. The zero-order valence-corrected chi connectivity index (χ0v) is 16.9. The van der Waals surface area contributed by atoms with Crippen LogP contribution in [-0.4, -0.2) is 68.2 Å². The number of rotatable bonds is 5. The number of anilines is 1. The number of aliphatic hydroxyl groups is 1. The number of ether oxygens (including phenoxy) is 2. The fourth-order valence-corrected chi connectivity index (χ4v) is 5.00. The first-order valence-electron chi connectivity index (χ1n) is 9.09. The molecule has 2 aliphatic rings. The highest BCUT2D eigenvalue weighted by atomic mass is 31.2. The Hall–Kier alpha value is -2.22. The predicted octanol–water partition coefficient (Wildman–Crippen LogP) is -0.129. The molecule has 2 aliphatic heterocycles. The summed E-state index contributed by atoms with van der Waals surface area (Å²) >= 11 is 0. The zero-order chi connectivity index (χ0) is 21.6. The zero-order valence-electron chi connectivity index (χ0n) is 16.0. The van der Waals surface area contributed by atoms with E-state index in [1.165, 1.54) is 17.8 Å². The Labute approximate surface area is 169 Å². The quantitative estimate of drug-likeness (QED) is 0.316. The minimum Gasteiger partial charge on any atom is -0.465 e. The molecule has 0 radical (unpaired) electrons. The van der Waals surface area contributed by atoms with E-state index in [0.29, 0.717) is 0 Å². The molecule has 2 unspecified atom stereocenters. The van der Waals surface area contributed by atoms with E-state index < -0.39 is 50.4 Å². The number of fused-ring (bicyclic) bond motifs is 2. The van der Waals surface area contributed by atoms with Crippen LogP contribution in [0.15, 0.2) is 6.33 Å². The number of esters is 1. The van der Waals surface area contributed by atoms with Gasteiger partial charge in [0.2, 0.25) is 0 Å². The molecule has 2 aromatic rings. The van der Waals surface area contributed by atoms with E-state index in [2.05, 4.69) is 20.0 Å². The number of nitrogens with one attached hydrogen (secondary N) is 1. The third-order valence-electron chi connectivity index (χ3n) is 4.67. The number of nitrogens with zero attached hydrogens (tertiary/aromatic N) is 4. The maximum atomic E-state index is 13.6. The SMILES string of the molecule is CCOC(=O)[C@H](C)NP1(=O)OCC2O[C@@H](n3cnc4c(N)nc(F)nc43)[C@@H](O)[C@@H]2O1. The maximum absolute atomic E-state index is 13.6. The molecule has 0 spiro atoms. The monoisotopic (exact) mass is 446 g/mol. The molecule has 4 rings (SSSR count). The van der Waals surface area contributed by atoms with Gasteiger partial charge < -0.3 is 20.3 Å². The number of carbonyl (C=O) groups excluding carboxylic acids is 1. The lowest BCUT2D eigenvalue weighted by atomic mass is 10.1. The van der Waals surface area contributed by atoms with Crippen molar-refractivity contribution in [1.29, 1.82) is 0 Å². The number of aliphatic hydroxyl groups excluding tert-OH is 1. The summed E-state index contributed by atoms with van der Waals surface area (Å²) in [5, 5.41) is 13.2. The molecule has 0 bridgehead atoms. The molecule has 0 aliphatic carbocycles. The molecule has 4 heterocycles. The topological polar surface area (TPSA) is 173 Å². The molecule has 2 saturated heterocycles. The molecule has 0 amide bonds. The highest BCUT2D eigenvalue weighted by Crippen LogP contribution is 2.53. The van der Waals surface area contributed by atoms with Gasteiger partial charge in [0.25, 0.3) is 0 Å². The molecule has 2 fully saturated rings. The molecule has 2 aromatic heterocycles. The van der Waals surface area contributed by atoms with Gasteiger partial charge in [0.15, 0.2) is 23.2 Å². The van der Waals surface area contributed by atoms with E-state index in [1.54, 1.807) is 6.92 Å². The number of imidazole rings is 1. The van der Waals surface area contributed by atoms with Gasteiger partial charge in [0.05, 0.1) is 19.5 Å². The van der Waals surface area contributed by atoms with Crippen LogP contribution in [0.3, 0.4) is 0 Å². The fourth-order valence-electron chi connectivity index (χ4n) is 3.30. The summed E-state index contributed by atoms with van der Waals surface area (Å²) in [5.41, 5.74) is 5.80. The van der Waals surface area contributed by atoms with Crippen molar-refractivity contribution in [2.45, 2.75) is 44.4 Å². The van der Waals surface area contributed by atoms with Crippen LogP contribution in [0.25, 0.3) is 11.2 Å². The summed E-state index contributed by atoms with van der Waals surface area (Å²) in [6, 6.07) is -0.970. The van der Waals surface area contributed by atoms with E-state index >= 15 is 0 Å². The molecule has 0 aromatic carbocycles. The van der Waals surface area contributed by atoms with Crippen molar-refractivity contribution in [3.05, 3.63) is 12.4 Å². The average molecular weight is 446 g/mol. The normalized spacial score (nSPS) is 32.1. The first-order chi connectivity index (χ1) is 14.2. The van der Waals surface area contributed by atoms with E-state index in [1.807, 2.05) is 0 Å². The molecular weight excluding hydrogens is 426 g/mol. The van der Waals surface area contributed by atoms with E-state index in [-0.39, 0.29) is 30.2 Å². The number of hydrogen-bond donors (Lipinski definition) is 3. The molecule has 6 atom stereocenters. The largest absolute Gasteiger partial charge is 0.465 e. The van der Waals surface area contributed by atoms with Crippen LogP contribution < -0.4 is 10.8 Å². The van der Waals surface area contributed by atoms with Crippen LogP contribution in [0.5, 0.6) is 0 Å². The van der Waals surface area contributed by atoms with Gasteiger partial charge in [0.1, 0.15) is 24.4 Å². The standard InChI is InChI=1S/C15H20FN6O7P/c1-3-26-14(24)6(2)21-30(25)27-4-7-10(29-30)9(23)13(28-7)22-5-18-8-11(17)19-15(16)20-12(8)22/h5-7,9-10,13,23H,3-4H2,1-2H3,(H,21,25)(H2,17,19,20)/t6-,7?,9-,10+,13+,30?/m0/s1. The molecule has 30 heavy (non-hydrogen) atoms. The van der Waals surface area contributed by atoms with Crippen LogP contribution in [0.1, 0.15) is 20.1 Å². The average Bonchev–Trinajstić information content (AvgIpc) is 3.23. The number of aromatic nitrogens is 4. The summed E-state index contributed by atoms with van der Waals surface area (Å²) in [6.07, 6.45) is -4.05. The molecular formula is C15H20FN6O7P. The second-order valence-electron chi connectivity index (χ2n) is 6.72. The lowest BCUT2D eigenvalue weighted by molar-refractivity contribution is -0.145. The van der Waals surface area contributed by atoms with Crippen molar-refractivity contribution in [2.24, 2.45) is 0 Å². The number of carbonyl (C=O) groups is 1. The Bertz CT molecular complexity index is 1020. The van der Waals surface area contributed by atoms with Crippen LogP contribution in [0.4, 0.5) is 10.2 Å². The van der Waals surface area contributed by atoms with Gasteiger partial charge in [-0.05, 0) is 13.8 Å². The number of halogens is 1. The summed E-state index contributed by atoms with van der Waals surface area (Å²) < 4.78 is 49.1. The summed E-state index contributed by atoms with van der Waals surface area (Å²) in [5.74, 6) is -0.797. The Balaban J connectivity index is 1.54. The van der Waals surface area contributed by atoms with Crippen LogP contribution in [-0.2, 0) is 27.9 Å². The lowest BCUT2D eigenvalue weighted by Gasteiger charge is -2.32. The van der Waals surface area contributed by atoms with E-state index in [4.69, 9.17) is 24.3 Å². The first-order valence-corrected chi connectivity index (χ1v) is 10.6. The van der Waals surface area contributed by atoms with Crippen molar-refractivity contribution in [3.63, 3.8) is 0 Å². The lowest BCUT2D eigenvalue weighted by Crippen LogP contribution is -2.44. The first kappa shape index (κ1) is 21.0. The van der Waals surface area contributed by atoms with Gasteiger partial charge in [-0.25, -0.2) is 14.6 Å². The fraction of sp³-hybridized carbons (Fsp3) is 0.600. The molecule has 13 nitrogen and oxygen atoms in total. The predicted molar refractivity (Wildman–Crippen MR) is 97.3 cm³/mol. The highest BCUT2D eigenvalue weighted by Gasteiger charge is 2.53. The molecule has 0 saturated carbocycles. The van der Waals surface area contributed by atoms with E-state index in [0.717, 1.165) is 0 Å². The van der Waals surface area contributed by atoms with E-state index in [9.17, 15) is 18.9 Å². The second-order valence-corrected chi connectivity index (χ2v) is 8.45. The minimum atomic E-state index is -3.94. The van der Waals surface area contributed by atoms with Crippen LogP contribution in [0, 0.1) is 6.08 Å². The summed E-state index contributed by atoms with van der Waals surface area (Å²) in [7, 11) is -3.94. The summed E-state index contributed by atoms with van der Waals surface area (Å²) in [6.45, 7) is 3.05. The number of nitrogens with two attached hydrogens (primary N) is 1. The third-order valence-corrected chi connectivity index (χ3v) is 6.38. The summed E-state index contributed by atoms with van der Waals surface area (Å²) in [4.78, 5) is 22.9. The second kappa shape index (κ2) is 7.80. The van der Waals surface area contributed by atoms with Gasteiger partial charge in [-0.15, -0.1) is 0 Å². The third kappa shape index (κ3) is 3.66. The molecule has 4 N–H and O–H groups in total.